The maximum Gasteiger partial charge on any atom is 0.251 e. The Morgan fingerprint density at radius 1 is 1.36 bits per heavy atom. The van der Waals surface area contributed by atoms with Gasteiger partial charge >= 0.3 is 0 Å². The van der Waals surface area contributed by atoms with Crippen molar-refractivity contribution in [3.05, 3.63) is 35.9 Å². The average molecular weight is 192 g/mol. The molecular formula is C11H16N2O. The molecule has 3 nitrogen and oxygen atoms in total. The minimum Gasteiger partial charge on any atom is -0.350 e. The summed E-state index contributed by atoms with van der Waals surface area (Å²) in [5, 5.41) is 5.91. The summed E-state index contributed by atoms with van der Waals surface area (Å²) in [4.78, 5) is 11.5. The number of nitrogens with one attached hydrogen (secondary N) is 2. The molecule has 0 aliphatic heterocycles. The molecule has 0 saturated carbocycles. The van der Waals surface area contributed by atoms with Gasteiger partial charge < -0.3 is 10.6 Å². The Morgan fingerprint density at radius 3 is 2.57 bits per heavy atom. The van der Waals surface area contributed by atoms with E-state index in [-0.39, 0.29) is 5.91 Å². The standard InChI is InChI=1S/C11H16N2O/c1-9(12-2)8-13-11(14)10-6-4-3-5-7-10/h3-7,9,12H,8H2,1-2H3,(H,13,14)/t9-/m0/s1. The van der Waals surface area contributed by atoms with Gasteiger partial charge in [0.2, 0.25) is 0 Å². The van der Waals surface area contributed by atoms with Crippen molar-refractivity contribution in [1.29, 1.82) is 0 Å². The first-order valence-electron chi connectivity index (χ1n) is 4.74. The summed E-state index contributed by atoms with van der Waals surface area (Å²) in [6.45, 7) is 2.66. The van der Waals surface area contributed by atoms with Crippen molar-refractivity contribution in [2.24, 2.45) is 0 Å². The second-order valence-corrected chi connectivity index (χ2v) is 3.27. The van der Waals surface area contributed by atoms with Gasteiger partial charge in [0.1, 0.15) is 0 Å². The van der Waals surface area contributed by atoms with Crippen molar-refractivity contribution in [1.82, 2.24) is 10.6 Å². The van der Waals surface area contributed by atoms with Crippen LogP contribution in [0.2, 0.25) is 0 Å². The van der Waals surface area contributed by atoms with Crippen LogP contribution in [0.15, 0.2) is 30.3 Å². The fourth-order valence-corrected chi connectivity index (χ4v) is 1.04. The van der Waals surface area contributed by atoms with Crippen LogP contribution in [0.5, 0.6) is 0 Å². The minimum absolute atomic E-state index is 0.0206. The fraction of sp³-hybridized carbons (Fsp3) is 0.364. The number of carbonyl (C=O) groups excluding carboxylic acids is 1. The summed E-state index contributed by atoms with van der Waals surface area (Å²) in [5.41, 5.74) is 0.704. The number of likely N-dealkylation sites (N-methyl/N-ethyl adjacent to an activating group) is 1. The van der Waals surface area contributed by atoms with E-state index in [1.807, 2.05) is 32.2 Å². The van der Waals surface area contributed by atoms with E-state index < -0.39 is 0 Å². The van der Waals surface area contributed by atoms with E-state index in [4.69, 9.17) is 0 Å². The van der Waals surface area contributed by atoms with Crippen LogP contribution in [0, 0.1) is 0 Å². The molecule has 0 heterocycles. The van der Waals surface area contributed by atoms with Crippen molar-refractivity contribution in [3.63, 3.8) is 0 Å². The van der Waals surface area contributed by atoms with Gasteiger partial charge in [-0.15, -0.1) is 0 Å². The second-order valence-electron chi connectivity index (χ2n) is 3.27. The zero-order valence-corrected chi connectivity index (χ0v) is 8.58. The first kappa shape index (κ1) is 10.7. The minimum atomic E-state index is -0.0206. The van der Waals surface area contributed by atoms with Crippen molar-refractivity contribution in [2.75, 3.05) is 13.6 Å². The Kier molecular flexibility index (Phi) is 4.13. The smallest absolute Gasteiger partial charge is 0.251 e. The van der Waals surface area contributed by atoms with Crippen LogP contribution in [0.3, 0.4) is 0 Å². The first-order valence-corrected chi connectivity index (χ1v) is 4.74. The quantitative estimate of drug-likeness (QED) is 0.748. The number of carbonyl (C=O) groups is 1. The molecule has 1 amide bonds. The molecule has 0 aromatic heterocycles. The summed E-state index contributed by atoms with van der Waals surface area (Å²) in [6.07, 6.45) is 0. The third kappa shape index (κ3) is 3.18. The largest absolute Gasteiger partial charge is 0.350 e. The zero-order valence-electron chi connectivity index (χ0n) is 8.58. The van der Waals surface area contributed by atoms with Crippen molar-refractivity contribution in [3.8, 4) is 0 Å². The Labute approximate surface area is 84.5 Å². The highest BCUT2D eigenvalue weighted by Crippen LogP contribution is 1.97. The third-order valence-electron chi connectivity index (χ3n) is 2.10. The normalized spacial score (nSPS) is 12.1. The summed E-state index contributed by atoms with van der Waals surface area (Å²) < 4.78 is 0. The molecule has 0 bridgehead atoms. The van der Waals surface area contributed by atoms with E-state index in [0.29, 0.717) is 18.2 Å². The molecule has 1 aromatic rings. The van der Waals surface area contributed by atoms with Gasteiger partial charge in [-0.2, -0.15) is 0 Å². The van der Waals surface area contributed by atoms with E-state index in [0.717, 1.165) is 0 Å². The van der Waals surface area contributed by atoms with E-state index in [9.17, 15) is 4.79 Å². The van der Waals surface area contributed by atoms with Crippen LogP contribution >= 0.6 is 0 Å². The predicted molar refractivity (Wildman–Crippen MR) is 57.3 cm³/mol. The molecule has 0 fully saturated rings. The van der Waals surface area contributed by atoms with Crippen LogP contribution in [0.1, 0.15) is 17.3 Å². The molecule has 1 rings (SSSR count). The lowest BCUT2D eigenvalue weighted by atomic mass is 10.2. The van der Waals surface area contributed by atoms with E-state index in [1.165, 1.54) is 0 Å². The van der Waals surface area contributed by atoms with Gasteiger partial charge in [0, 0.05) is 18.2 Å². The van der Waals surface area contributed by atoms with Gasteiger partial charge in [0.15, 0.2) is 0 Å². The molecule has 14 heavy (non-hydrogen) atoms. The van der Waals surface area contributed by atoms with Crippen molar-refractivity contribution < 1.29 is 4.79 Å². The van der Waals surface area contributed by atoms with Crippen molar-refractivity contribution >= 4 is 5.91 Å². The van der Waals surface area contributed by atoms with Gasteiger partial charge in [-0.1, -0.05) is 18.2 Å². The molecule has 1 aromatic carbocycles. The predicted octanol–water partition coefficient (Wildman–Crippen LogP) is 1.02. The Balaban J connectivity index is 2.44. The van der Waals surface area contributed by atoms with Crippen molar-refractivity contribution in [2.45, 2.75) is 13.0 Å². The molecule has 2 N–H and O–H groups in total. The number of rotatable bonds is 4. The highest BCUT2D eigenvalue weighted by atomic mass is 16.1. The SMILES string of the molecule is CN[C@@H](C)CNC(=O)c1ccccc1. The summed E-state index contributed by atoms with van der Waals surface area (Å²) >= 11 is 0. The molecule has 0 aliphatic carbocycles. The summed E-state index contributed by atoms with van der Waals surface area (Å²) in [5.74, 6) is -0.0206. The maximum absolute atomic E-state index is 11.5. The number of hydrogen-bond donors (Lipinski definition) is 2. The lowest BCUT2D eigenvalue weighted by molar-refractivity contribution is 0.0950. The highest BCUT2D eigenvalue weighted by Gasteiger charge is 2.04. The topological polar surface area (TPSA) is 41.1 Å². The molecule has 3 heteroatoms. The van der Waals surface area contributed by atoms with Gasteiger partial charge in [-0.25, -0.2) is 0 Å². The fourth-order valence-electron chi connectivity index (χ4n) is 1.04. The van der Waals surface area contributed by atoms with E-state index in [2.05, 4.69) is 10.6 Å². The second kappa shape index (κ2) is 5.40. The highest BCUT2D eigenvalue weighted by molar-refractivity contribution is 5.94. The van der Waals surface area contributed by atoms with Gasteiger partial charge in [0.25, 0.3) is 5.91 Å². The van der Waals surface area contributed by atoms with Gasteiger partial charge in [-0.05, 0) is 26.1 Å². The number of hydrogen-bond acceptors (Lipinski definition) is 2. The molecule has 1 atom stereocenters. The monoisotopic (exact) mass is 192 g/mol. The van der Waals surface area contributed by atoms with Crippen LogP contribution < -0.4 is 10.6 Å². The third-order valence-corrected chi connectivity index (χ3v) is 2.10. The van der Waals surface area contributed by atoms with Crippen LogP contribution in [-0.2, 0) is 0 Å². The van der Waals surface area contributed by atoms with Gasteiger partial charge in [-0.3, -0.25) is 4.79 Å². The lowest BCUT2D eigenvalue weighted by Crippen LogP contribution is -2.37. The van der Waals surface area contributed by atoms with E-state index >= 15 is 0 Å². The Morgan fingerprint density at radius 2 is 2.00 bits per heavy atom. The van der Waals surface area contributed by atoms with Crippen LogP contribution in [0.25, 0.3) is 0 Å². The molecule has 0 unspecified atom stereocenters. The molecule has 0 aliphatic rings. The average Bonchev–Trinajstić information content (AvgIpc) is 2.26. The molecular weight excluding hydrogens is 176 g/mol. The van der Waals surface area contributed by atoms with Gasteiger partial charge in [0.05, 0.1) is 0 Å². The first-order chi connectivity index (χ1) is 6.74. The molecule has 0 radical (unpaired) electrons. The molecule has 76 valence electrons. The summed E-state index contributed by atoms with van der Waals surface area (Å²) in [7, 11) is 1.87. The molecule has 0 saturated heterocycles. The maximum atomic E-state index is 11.5. The molecule has 0 spiro atoms. The van der Waals surface area contributed by atoms with Crippen LogP contribution in [-0.4, -0.2) is 25.5 Å². The Bertz CT molecular complexity index is 285. The number of amides is 1. The lowest BCUT2D eigenvalue weighted by Gasteiger charge is -2.11. The zero-order chi connectivity index (χ0) is 10.4. The number of benzene rings is 1. The van der Waals surface area contributed by atoms with Crippen LogP contribution in [0.4, 0.5) is 0 Å². The van der Waals surface area contributed by atoms with E-state index in [1.54, 1.807) is 12.1 Å². The Hall–Kier alpha value is -1.35. The summed E-state index contributed by atoms with van der Waals surface area (Å²) in [6, 6.07) is 9.51.